The summed E-state index contributed by atoms with van der Waals surface area (Å²) in [6.45, 7) is 3.04. The van der Waals surface area contributed by atoms with Crippen LogP contribution in [0.3, 0.4) is 0 Å². The van der Waals surface area contributed by atoms with E-state index >= 15 is 0 Å². The van der Waals surface area contributed by atoms with Gasteiger partial charge in [-0.2, -0.15) is 5.10 Å². The molecule has 4 heterocycles. The first-order valence-electron chi connectivity index (χ1n) is 10.1. The van der Waals surface area contributed by atoms with E-state index in [9.17, 15) is 9.59 Å². The van der Waals surface area contributed by atoms with Crippen molar-refractivity contribution in [1.82, 2.24) is 24.2 Å². The number of hydrogen-bond donors (Lipinski definition) is 0. The molecule has 5 rings (SSSR count). The maximum atomic E-state index is 12.8. The molecule has 1 aliphatic carbocycles. The molecule has 1 spiro atoms. The molecule has 3 aliphatic rings. The first-order valence-corrected chi connectivity index (χ1v) is 10.1. The largest absolute Gasteiger partial charge is 0.364 e. The van der Waals surface area contributed by atoms with E-state index in [1.807, 2.05) is 18.2 Å². The van der Waals surface area contributed by atoms with Gasteiger partial charge in [-0.15, -0.1) is 0 Å². The van der Waals surface area contributed by atoms with Gasteiger partial charge in [-0.25, -0.2) is 4.68 Å². The monoisotopic (exact) mass is 383 g/mol. The van der Waals surface area contributed by atoms with Gasteiger partial charge in [-0.3, -0.25) is 24.0 Å². The second kappa shape index (κ2) is 6.93. The first-order chi connectivity index (χ1) is 13.6. The van der Waals surface area contributed by atoms with Gasteiger partial charge >= 0.3 is 11.1 Å². The summed E-state index contributed by atoms with van der Waals surface area (Å²) in [6, 6.07) is 5.97. The van der Waals surface area contributed by atoms with Gasteiger partial charge in [0.2, 0.25) is 0 Å². The van der Waals surface area contributed by atoms with Crippen molar-refractivity contribution in [3.05, 3.63) is 56.6 Å². The van der Waals surface area contributed by atoms with Crippen molar-refractivity contribution in [1.29, 1.82) is 0 Å². The normalized spacial score (nSPS) is 25.4. The maximum absolute atomic E-state index is 12.8. The molecule has 0 radical (unpaired) electrons. The summed E-state index contributed by atoms with van der Waals surface area (Å²) in [4.78, 5) is 32.1. The smallest absolute Gasteiger partial charge is 0.332 e. The maximum Gasteiger partial charge on any atom is 0.332 e. The summed E-state index contributed by atoms with van der Waals surface area (Å²) < 4.78 is 9.21. The van der Waals surface area contributed by atoms with E-state index in [1.54, 1.807) is 10.8 Å². The third-order valence-corrected chi connectivity index (χ3v) is 6.30. The highest BCUT2D eigenvalue weighted by Crippen LogP contribution is 2.32. The summed E-state index contributed by atoms with van der Waals surface area (Å²) in [6.07, 6.45) is 6.64. The van der Waals surface area contributed by atoms with Crippen molar-refractivity contribution in [2.75, 3.05) is 13.1 Å². The molecule has 2 aromatic rings. The van der Waals surface area contributed by atoms with E-state index in [-0.39, 0.29) is 12.6 Å². The Bertz CT molecular complexity index is 980. The summed E-state index contributed by atoms with van der Waals surface area (Å²) >= 11 is 0. The lowest BCUT2D eigenvalue weighted by Gasteiger charge is -2.35. The Morgan fingerprint density at radius 3 is 2.79 bits per heavy atom. The van der Waals surface area contributed by atoms with Crippen molar-refractivity contribution in [3.63, 3.8) is 0 Å². The minimum absolute atomic E-state index is 0.0577. The van der Waals surface area contributed by atoms with Gasteiger partial charge in [0.25, 0.3) is 0 Å². The van der Waals surface area contributed by atoms with E-state index in [4.69, 9.17) is 4.74 Å². The van der Waals surface area contributed by atoms with Crippen molar-refractivity contribution in [2.24, 2.45) is 0 Å². The molecule has 28 heavy (non-hydrogen) atoms. The lowest BCUT2D eigenvalue weighted by Crippen LogP contribution is -2.53. The minimum atomic E-state index is -0.490. The lowest BCUT2D eigenvalue weighted by molar-refractivity contribution is -0.0861. The molecule has 0 bridgehead atoms. The predicted octanol–water partition coefficient (Wildman–Crippen LogP) is 1.09. The summed E-state index contributed by atoms with van der Waals surface area (Å²) in [5, 5.41) is 4.52. The molecule has 2 fully saturated rings. The van der Waals surface area contributed by atoms with Crippen LogP contribution in [-0.2, 0) is 24.4 Å². The van der Waals surface area contributed by atoms with Crippen LogP contribution in [0.2, 0.25) is 0 Å². The Labute approximate surface area is 162 Å². The van der Waals surface area contributed by atoms with Gasteiger partial charge in [0.05, 0.1) is 18.3 Å². The topological polar surface area (TPSA) is 82.2 Å². The third kappa shape index (κ3) is 3.10. The number of hydrogen-bond acceptors (Lipinski definition) is 6. The Kier molecular flexibility index (Phi) is 4.40. The molecule has 0 aromatic carbocycles. The Morgan fingerprint density at radius 1 is 1.14 bits per heavy atom. The van der Waals surface area contributed by atoms with Gasteiger partial charge in [-0.05, 0) is 31.4 Å². The highest BCUT2D eigenvalue weighted by molar-refractivity contribution is 5.06. The lowest BCUT2D eigenvalue weighted by atomic mass is 10.0. The molecule has 2 aliphatic heterocycles. The number of aromatic nitrogens is 4. The number of rotatable bonds is 3. The van der Waals surface area contributed by atoms with E-state index in [0.29, 0.717) is 12.4 Å². The SMILES string of the molecule is O=c1c(=O)n2c(nn1C1CCCC1)COC1(CCN(Cc3ccccn3)C1)C2. The van der Waals surface area contributed by atoms with Crippen LogP contribution in [0.4, 0.5) is 0 Å². The molecule has 1 atom stereocenters. The quantitative estimate of drug-likeness (QED) is 0.738. The third-order valence-electron chi connectivity index (χ3n) is 6.30. The number of pyridine rings is 1. The summed E-state index contributed by atoms with van der Waals surface area (Å²) in [7, 11) is 0. The average Bonchev–Trinajstić information content (AvgIpc) is 3.37. The number of fused-ring (bicyclic) bond motifs is 1. The molecule has 148 valence electrons. The molecule has 8 heteroatoms. The van der Waals surface area contributed by atoms with Gasteiger partial charge < -0.3 is 4.74 Å². The fourth-order valence-corrected chi connectivity index (χ4v) is 4.80. The first kappa shape index (κ1) is 17.8. The highest BCUT2D eigenvalue weighted by Gasteiger charge is 2.43. The molecular weight excluding hydrogens is 358 g/mol. The second-order valence-electron chi connectivity index (χ2n) is 8.25. The number of ether oxygens (including phenoxy) is 1. The fraction of sp³-hybridized carbons (Fsp3) is 0.600. The highest BCUT2D eigenvalue weighted by atomic mass is 16.5. The van der Waals surface area contributed by atoms with E-state index in [0.717, 1.165) is 57.4 Å². The van der Waals surface area contributed by atoms with Crippen LogP contribution in [0.25, 0.3) is 0 Å². The van der Waals surface area contributed by atoms with E-state index < -0.39 is 16.7 Å². The Morgan fingerprint density at radius 2 is 2.00 bits per heavy atom. The van der Waals surface area contributed by atoms with Crippen LogP contribution in [0.15, 0.2) is 34.0 Å². The van der Waals surface area contributed by atoms with Crippen LogP contribution in [-0.4, -0.2) is 42.9 Å². The fourth-order valence-electron chi connectivity index (χ4n) is 4.80. The van der Waals surface area contributed by atoms with Gasteiger partial charge in [0.1, 0.15) is 12.2 Å². The standard InChI is InChI=1S/C20H25N5O3/c26-18-19(27)25(16-6-1-2-7-16)22-17-12-28-20(14-24(17)18)8-10-23(13-20)11-15-5-3-4-9-21-15/h3-5,9,16H,1-2,6-8,10-14H2. The van der Waals surface area contributed by atoms with Crippen molar-refractivity contribution in [3.8, 4) is 0 Å². The van der Waals surface area contributed by atoms with Crippen LogP contribution < -0.4 is 11.1 Å². The van der Waals surface area contributed by atoms with E-state index in [1.165, 1.54) is 4.68 Å². The van der Waals surface area contributed by atoms with Crippen LogP contribution in [0.5, 0.6) is 0 Å². The summed E-state index contributed by atoms with van der Waals surface area (Å²) in [5.41, 5.74) is -0.355. The van der Waals surface area contributed by atoms with Gasteiger partial charge in [0, 0.05) is 25.8 Å². The molecule has 8 nitrogen and oxygen atoms in total. The molecule has 0 N–H and O–H groups in total. The molecule has 1 saturated carbocycles. The van der Waals surface area contributed by atoms with Crippen molar-refractivity contribution < 1.29 is 4.74 Å². The summed E-state index contributed by atoms with van der Waals surface area (Å²) in [5.74, 6) is 0.574. The van der Waals surface area contributed by atoms with Gasteiger partial charge in [0.15, 0.2) is 5.82 Å². The van der Waals surface area contributed by atoms with Crippen molar-refractivity contribution in [2.45, 2.75) is 63.4 Å². The molecule has 1 unspecified atom stereocenters. The number of likely N-dealkylation sites (tertiary alicyclic amines) is 1. The van der Waals surface area contributed by atoms with Crippen molar-refractivity contribution >= 4 is 0 Å². The van der Waals surface area contributed by atoms with Crippen LogP contribution in [0, 0.1) is 0 Å². The molecule has 0 amide bonds. The van der Waals surface area contributed by atoms with Crippen LogP contribution >= 0.6 is 0 Å². The predicted molar refractivity (Wildman–Crippen MR) is 102 cm³/mol. The van der Waals surface area contributed by atoms with E-state index in [2.05, 4.69) is 15.0 Å². The molecule has 2 aromatic heterocycles. The second-order valence-corrected chi connectivity index (χ2v) is 8.25. The molecule has 1 saturated heterocycles. The zero-order valence-electron chi connectivity index (χ0n) is 15.9. The molecular formula is C20H25N5O3. The van der Waals surface area contributed by atoms with Gasteiger partial charge in [-0.1, -0.05) is 18.9 Å². The average molecular weight is 383 g/mol. The zero-order valence-corrected chi connectivity index (χ0v) is 15.9. The minimum Gasteiger partial charge on any atom is -0.364 e. The Balaban J connectivity index is 1.37. The Hall–Kier alpha value is -2.32. The zero-order chi connectivity index (χ0) is 19.1. The number of nitrogens with zero attached hydrogens (tertiary/aromatic N) is 5. The van der Waals surface area contributed by atoms with Crippen LogP contribution in [0.1, 0.15) is 49.7 Å².